The highest BCUT2D eigenvalue weighted by molar-refractivity contribution is 5.80. The fourth-order valence-corrected chi connectivity index (χ4v) is 1.82. The van der Waals surface area contributed by atoms with E-state index in [1.54, 1.807) is 0 Å². The third-order valence-electron chi connectivity index (χ3n) is 4.00. The Morgan fingerprint density at radius 1 is 0.447 bits per heavy atom. The summed E-state index contributed by atoms with van der Waals surface area (Å²) >= 11 is 0. The first-order valence-corrected chi connectivity index (χ1v) is 11.2. The quantitative estimate of drug-likeness (QED) is 0.0829. The van der Waals surface area contributed by atoms with Crippen LogP contribution < -0.4 is 34.4 Å². The van der Waals surface area contributed by atoms with Crippen LogP contribution in [0.4, 0.5) is 0 Å². The van der Waals surface area contributed by atoms with Gasteiger partial charge in [-0.05, 0) is 38.8 Å². The van der Waals surface area contributed by atoms with E-state index in [0.29, 0.717) is 25.9 Å². The molecular weight excluding hydrogens is 516 g/mol. The Morgan fingerprint density at radius 3 is 0.816 bits per heavy atom. The van der Waals surface area contributed by atoms with E-state index in [-0.39, 0.29) is 0 Å². The van der Waals surface area contributed by atoms with Crippen molar-refractivity contribution < 1.29 is 59.4 Å². The number of rotatable bonds is 16. The third kappa shape index (κ3) is 34.7. The Balaban J connectivity index is -0.000000203. The molecule has 0 aromatic carbocycles. The average Bonchev–Trinajstić information content (AvgIpc) is 2.79. The number of carboxylic acids is 6. The Bertz CT molecular complexity index is 652. The van der Waals surface area contributed by atoms with Gasteiger partial charge in [0, 0.05) is 0 Å². The van der Waals surface area contributed by atoms with Gasteiger partial charge >= 0.3 is 35.8 Å². The number of aliphatic carboxylic acids is 6. The van der Waals surface area contributed by atoms with Crippen LogP contribution in [-0.4, -0.2) is 104 Å². The summed E-state index contributed by atoms with van der Waals surface area (Å²) in [6.07, 6.45) is 3.26. The average molecular weight is 559 g/mol. The van der Waals surface area contributed by atoms with Crippen LogP contribution in [-0.2, 0) is 28.8 Å². The van der Waals surface area contributed by atoms with Gasteiger partial charge in [0.05, 0.1) is 12.8 Å². The number of carbonyl (C=O) groups is 6. The summed E-state index contributed by atoms with van der Waals surface area (Å²) in [5, 5.41) is 48.7. The van der Waals surface area contributed by atoms with Crippen molar-refractivity contribution in [3.05, 3.63) is 0 Å². The first-order valence-electron chi connectivity index (χ1n) is 11.2. The summed E-state index contributed by atoms with van der Waals surface area (Å²) in [5.74, 6) is -6.86. The molecule has 0 aliphatic rings. The zero-order chi connectivity index (χ0) is 30.8. The molecule has 38 heavy (non-hydrogen) atoms. The van der Waals surface area contributed by atoms with Crippen LogP contribution in [0, 0.1) is 0 Å². The van der Waals surface area contributed by atoms with Crippen molar-refractivity contribution in [2.75, 3.05) is 13.1 Å². The summed E-state index contributed by atoms with van der Waals surface area (Å²) in [6, 6.07) is -4.01. The highest BCUT2D eigenvalue weighted by Crippen LogP contribution is 1.97. The number of nitrogens with two attached hydrogens (primary N) is 6. The Labute approximate surface area is 218 Å². The molecular formula is C20H42N6O12. The van der Waals surface area contributed by atoms with Gasteiger partial charge in [-0.3, -0.25) is 28.8 Å². The summed E-state index contributed by atoms with van der Waals surface area (Å²) in [6.45, 7) is 1.21. The molecule has 224 valence electrons. The van der Waals surface area contributed by atoms with Gasteiger partial charge < -0.3 is 65.0 Å². The molecule has 0 aliphatic heterocycles. The molecule has 0 radical (unpaired) electrons. The minimum Gasteiger partial charge on any atom is -0.481 e. The second-order valence-corrected chi connectivity index (χ2v) is 7.54. The van der Waals surface area contributed by atoms with Gasteiger partial charge in [0.15, 0.2) is 0 Å². The molecule has 0 saturated heterocycles. The molecule has 0 bridgehead atoms. The number of carboxylic acid groups (broad SMARTS) is 6. The van der Waals surface area contributed by atoms with E-state index >= 15 is 0 Å². The van der Waals surface area contributed by atoms with Gasteiger partial charge in [-0.2, -0.15) is 0 Å². The Kier molecular flexibility index (Phi) is 29.2. The summed E-state index contributed by atoms with van der Waals surface area (Å²) in [4.78, 5) is 59.5. The molecule has 0 saturated carbocycles. The zero-order valence-electron chi connectivity index (χ0n) is 21.0. The van der Waals surface area contributed by atoms with E-state index in [2.05, 4.69) is 0 Å². The normalized spacial score (nSPS) is 12.8. The first kappa shape index (κ1) is 41.7. The van der Waals surface area contributed by atoms with Crippen molar-refractivity contribution in [1.29, 1.82) is 0 Å². The van der Waals surface area contributed by atoms with E-state index in [4.69, 9.17) is 65.0 Å². The lowest BCUT2D eigenvalue weighted by molar-refractivity contribution is -0.144. The Hall–Kier alpha value is -3.42. The maximum Gasteiger partial charge on any atom is 0.321 e. The predicted molar refractivity (Wildman–Crippen MR) is 133 cm³/mol. The molecule has 0 heterocycles. The molecule has 0 unspecified atom stereocenters. The highest BCUT2D eigenvalue weighted by Gasteiger charge is 2.15. The van der Waals surface area contributed by atoms with Gasteiger partial charge in [-0.25, -0.2) is 0 Å². The molecule has 4 atom stereocenters. The molecule has 18 heteroatoms. The lowest BCUT2D eigenvalue weighted by Gasteiger charge is -2.03. The molecule has 18 N–H and O–H groups in total. The monoisotopic (exact) mass is 558 g/mol. The van der Waals surface area contributed by atoms with Crippen molar-refractivity contribution in [2.24, 2.45) is 34.4 Å². The SMILES string of the molecule is NCCCC[C@H](N)C(=O)O.NCCCC[C@H](N)C(=O)O.N[C@@H](CC(=O)O)C(=O)O.N[C@@H](CC(=O)O)C(=O)O. The molecule has 0 fully saturated rings. The van der Waals surface area contributed by atoms with Gasteiger partial charge in [-0.15, -0.1) is 0 Å². The van der Waals surface area contributed by atoms with E-state index in [1.807, 2.05) is 0 Å². The van der Waals surface area contributed by atoms with Gasteiger partial charge in [0.2, 0.25) is 0 Å². The maximum absolute atomic E-state index is 10.1. The number of unbranched alkanes of at least 4 members (excludes halogenated alkanes) is 2. The van der Waals surface area contributed by atoms with Crippen molar-refractivity contribution in [2.45, 2.75) is 75.5 Å². The molecule has 0 rings (SSSR count). The Morgan fingerprint density at radius 2 is 0.684 bits per heavy atom. The third-order valence-corrected chi connectivity index (χ3v) is 4.00. The van der Waals surface area contributed by atoms with Crippen molar-refractivity contribution in [3.8, 4) is 0 Å². The van der Waals surface area contributed by atoms with Crippen LogP contribution in [0.1, 0.15) is 51.4 Å². The molecule has 0 amide bonds. The summed E-state index contributed by atoms with van der Waals surface area (Å²) < 4.78 is 0. The summed E-state index contributed by atoms with van der Waals surface area (Å²) in [7, 11) is 0. The molecule has 0 spiro atoms. The van der Waals surface area contributed by atoms with E-state index < -0.39 is 72.8 Å². The van der Waals surface area contributed by atoms with Crippen molar-refractivity contribution in [1.82, 2.24) is 0 Å². The lowest BCUT2D eigenvalue weighted by atomic mass is 10.1. The second kappa shape index (κ2) is 26.6. The zero-order valence-corrected chi connectivity index (χ0v) is 21.0. The number of hydrogen-bond donors (Lipinski definition) is 12. The van der Waals surface area contributed by atoms with Crippen LogP contribution in [0.5, 0.6) is 0 Å². The van der Waals surface area contributed by atoms with E-state index in [1.165, 1.54) is 0 Å². The van der Waals surface area contributed by atoms with Crippen LogP contribution in [0.25, 0.3) is 0 Å². The molecule has 0 aliphatic carbocycles. The van der Waals surface area contributed by atoms with Crippen LogP contribution in [0.15, 0.2) is 0 Å². The minimum atomic E-state index is -1.29. The standard InChI is InChI=1S/2C6H14N2O2.2C4H7NO4/c2*7-4-2-1-3-5(8)6(9)10;2*5-2(4(8)9)1-3(6)7/h2*5H,1-4,7-8H2,(H,9,10);2*2H,1,5H2,(H,6,7)(H,8,9)/t2*5-;2*2-/m0000/s1. The minimum absolute atomic E-state index is 0.520. The highest BCUT2D eigenvalue weighted by atomic mass is 16.4. The fraction of sp³-hybridized carbons (Fsp3) is 0.700. The predicted octanol–water partition coefficient (Wildman–Crippen LogP) is -3.20. The van der Waals surface area contributed by atoms with Crippen LogP contribution in [0.2, 0.25) is 0 Å². The topological polar surface area (TPSA) is 380 Å². The van der Waals surface area contributed by atoms with Crippen LogP contribution in [0.3, 0.4) is 0 Å². The lowest BCUT2D eigenvalue weighted by Crippen LogP contribution is -2.32. The fourth-order valence-electron chi connectivity index (χ4n) is 1.82. The first-order chi connectivity index (χ1) is 17.4. The van der Waals surface area contributed by atoms with Gasteiger partial charge in [0.1, 0.15) is 24.2 Å². The second-order valence-electron chi connectivity index (χ2n) is 7.54. The molecule has 0 aromatic heterocycles. The largest absolute Gasteiger partial charge is 0.481 e. The smallest absolute Gasteiger partial charge is 0.321 e. The van der Waals surface area contributed by atoms with E-state index in [0.717, 1.165) is 25.7 Å². The maximum atomic E-state index is 10.1. The van der Waals surface area contributed by atoms with E-state index in [9.17, 15) is 28.8 Å². The molecule has 0 aromatic rings. The van der Waals surface area contributed by atoms with Crippen LogP contribution >= 0.6 is 0 Å². The molecule has 18 nitrogen and oxygen atoms in total. The van der Waals surface area contributed by atoms with Gasteiger partial charge in [-0.1, -0.05) is 12.8 Å². The van der Waals surface area contributed by atoms with Crippen molar-refractivity contribution >= 4 is 35.8 Å². The van der Waals surface area contributed by atoms with Crippen molar-refractivity contribution in [3.63, 3.8) is 0 Å². The number of hydrogen-bond acceptors (Lipinski definition) is 12. The van der Waals surface area contributed by atoms with Gasteiger partial charge in [0.25, 0.3) is 0 Å². The summed E-state index contributed by atoms with van der Waals surface area (Å²) in [5.41, 5.74) is 30.5.